The largest absolute Gasteiger partial charge is 0.396 e. The minimum Gasteiger partial charge on any atom is -0.396 e. The summed E-state index contributed by atoms with van der Waals surface area (Å²) in [6, 6.07) is 1.93. The van der Waals surface area contributed by atoms with Crippen molar-refractivity contribution < 1.29 is 5.11 Å². The first-order valence-corrected chi connectivity index (χ1v) is 9.05. The van der Waals surface area contributed by atoms with Crippen molar-refractivity contribution in [3.05, 3.63) is 30.2 Å². The Bertz CT molecular complexity index is 750. The van der Waals surface area contributed by atoms with Crippen LogP contribution in [0.5, 0.6) is 0 Å². The van der Waals surface area contributed by atoms with Gasteiger partial charge in [-0.15, -0.1) is 0 Å². The zero-order chi connectivity index (χ0) is 18.7. The third-order valence-corrected chi connectivity index (χ3v) is 4.58. The summed E-state index contributed by atoms with van der Waals surface area (Å²) in [7, 11) is 0. The van der Waals surface area contributed by atoms with Crippen LogP contribution in [0.4, 0.5) is 11.8 Å². The fraction of sp³-hybridized carbons (Fsp3) is 0.611. The van der Waals surface area contributed by atoms with Crippen LogP contribution in [0.1, 0.15) is 45.3 Å². The first-order chi connectivity index (χ1) is 12.4. The number of rotatable bonds is 5. The molecule has 0 radical (unpaired) electrons. The van der Waals surface area contributed by atoms with E-state index >= 15 is 0 Å². The van der Waals surface area contributed by atoms with Crippen LogP contribution in [-0.2, 0) is 6.42 Å². The number of aliphatic hydroxyl groups is 1. The molecule has 0 amide bonds. The van der Waals surface area contributed by atoms with Crippen molar-refractivity contribution in [2.45, 2.75) is 45.6 Å². The molecule has 2 aromatic heterocycles. The van der Waals surface area contributed by atoms with E-state index in [1.165, 1.54) is 0 Å². The normalized spacial score (nSPS) is 17.0. The van der Waals surface area contributed by atoms with E-state index in [1.807, 2.05) is 6.07 Å². The first-order valence-electron chi connectivity index (χ1n) is 9.05. The second-order valence-corrected chi connectivity index (χ2v) is 7.49. The molecule has 3 heterocycles. The molecule has 0 saturated carbocycles. The maximum atomic E-state index is 9.13. The Kier molecular flexibility index (Phi) is 5.31. The Balaban J connectivity index is 1.79. The SMILES string of the molecule is CC(C)c1ncnc(N2CCN(c3ccnc(CCO)n3)C(C)(C)C2)n1. The number of anilines is 2. The third kappa shape index (κ3) is 3.90. The smallest absolute Gasteiger partial charge is 0.228 e. The summed E-state index contributed by atoms with van der Waals surface area (Å²) in [5.74, 6) is 3.39. The van der Waals surface area contributed by atoms with E-state index in [4.69, 9.17) is 5.11 Å². The van der Waals surface area contributed by atoms with Gasteiger partial charge in [0.05, 0.1) is 12.1 Å². The van der Waals surface area contributed by atoms with Crippen LogP contribution in [-0.4, -0.2) is 61.8 Å². The van der Waals surface area contributed by atoms with Gasteiger partial charge in [0.1, 0.15) is 23.8 Å². The van der Waals surface area contributed by atoms with Crippen molar-refractivity contribution in [3.63, 3.8) is 0 Å². The molecule has 1 aliphatic heterocycles. The second kappa shape index (κ2) is 7.49. The lowest BCUT2D eigenvalue weighted by Crippen LogP contribution is -2.60. The third-order valence-electron chi connectivity index (χ3n) is 4.58. The van der Waals surface area contributed by atoms with Crippen molar-refractivity contribution in [1.82, 2.24) is 24.9 Å². The van der Waals surface area contributed by atoms with E-state index in [0.717, 1.165) is 37.2 Å². The van der Waals surface area contributed by atoms with Gasteiger partial charge in [-0.3, -0.25) is 0 Å². The van der Waals surface area contributed by atoms with Crippen LogP contribution in [0, 0.1) is 0 Å². The average molecular weight is 357 g/mol. The lowest BCUT2D eigenvalue weighted by molar-refractivity contribution is 0.296. The summed E-state index contributed by atoms with van der Waals surface area (Å²) < 4.78 is 0. The van der Waals surface area contributed by atoms with Gasteiger partial charge >= 0.3 is 0 Å². The molecule has 0 bridgehead atoms. The predicted octanol–water partition coefficient (Wildman–Crippen LogP) is 1.43. The van der Waals surface area contributed by atoms with E-state index in [-0.39, 0.29) is 18.1 Å². The van der Waals surface area contributed by atoms with Crippen LogP contribution in [0.25, 0.3) is 0 Å². The number of nitrogens with zero attached hydrogens (tertiary/aromatic N) is 7. The van der Waals surface area contributed by atoms with Crippen molar-refractivity contribution in [3.8, 4) is 0 Å². The predicted molar refractivity (Wildman–Crippen MR) is 100 cm³/mol. The van der Waals surface area contributed by atoms with E-state index < -0.39 is 0 Å². The molecule has 0 aliphatic carbocycles. The van der Waals surface area contributed by atoms with Crippen molar-refractivity contribution >= 4 is 11.8 Å². The van der Waals surface area contributed by atoms with Crippen LogP contribution < -0.4 is 9.80 Å². The quantitative estimate of drug-likeness (QED) is 0.859. The molecular formula is C18H27N7O. The fourth-order valence-electron chi connectivity index (χ4n) is 3.24. The van der Waals surface area contributed by atoms with E-state index in [9.17, 15) is 0 Å². The molecule has 1 fully saturated rings. The standard InChI is InChI=1S/C18H27N7O/c1-13(2)16-20-12-21-17(23-16)24-8-9-25(18(3,4)11-24)15-5-7-19-14(22-15)6-10-26/h5,7,12-13,26H,6,8-11H2,1-4H3. The number of aliphatic hydroxyl groups excluding tert-OH is 1. The number of piperazine rings is 1. The van der Waals surface area contributed by atoms with Crippen molar-refractivity contribution in [2.75, 3.05) is 36.0 Å². The van der Waals surface area contributed by atoms with E-state index in [1.54, 1.807) is 12.5 Å². The minimum atomic E-state index is -0.145. The monoisotopic (exact) mass is 357 g/mol. The van der Waals surface area contributed by atoms with Gasteiger partial charge in [0.25, 0.3) is 0 Å². The molecule has 0 atom stereocenters. The summed E-state index contributed by atoms with van der Waals surface area (Å²) in [5.41, 5.74) is -0.145. The fourth-order valence-corrected chi connectivity index (χ4v) is 3.24. The lowest BCUT2D eigenvalue weighted by Gasteiger charge is -2.47. The second-order valence-electron chi connectivity index (χ2n) is 7.49. The molecule has 1 aliphatic rings. The van der Waals surface area contributed by atoms with E-state index in [2.05, 4.69) is 62.4 Å². The van der Waals surface area contributed by atoms with Gasteiger partial charge in [-0.25, -0.2) is 19.9 Å². The van der Waals surface area contributed by atoms with E-state index in [0.29, 0.717) is 12.2 Å². The number of hydrogen-bond acceptors (Lipinski definition) is 8. The molecule has 0 unspecified atom stereocenters. The summed E-state index contributed by atoms with van der Waals surface area (Å²) in [5, 5.41) is 9.13. The molecule has 1 N–H and O–H groups in total. The van der Waals surface area contributed by atoms with Crippen LogP contribution >= 0.6 is 0 Å². The lowest BCUT2D eigenvalue weighted by atomic mass is 9.99. The molecule has 1 saturated heterocycles. The van der Waals surface area contributed by atoms with Gasteiger partial charge in [-0.2, -0.15) is 4.98 Å². The summed E-state index contributed by atoms with van der Waals surface area (Å²) in [6.07, 6.45) is 3.83. The summed E-state index contributed by atoms with van der Waals surface area (Å²) in [4.78, 5) is 26.6. The first kappa shape index (κ1) is 18.4. The minimum absolute atomic E-state index is 0.0538. The highest BCUT2D eigenvalue weighted by Gasteiger charge is 2.35. The Morgan fingerprint density at radius 1 is 1.15 bits per heavy atom. The Morgan fingerprint density at radius 3 is 2.65 bits per heavy atom. The highest BCUT2D eigenvalue weighted by Crippen LogP contribution is 2.28. The Hall–Kier alpha value is -2.35. The Labute approximate surface area is 154 Å². The molecule has 0 aromatic carbocycles. The summed E-state index contributed by atoms with van der Waals surface area (Å²) >= 11 is 0. The maximum Gasteiger partial charge on any atom is 0.228 e. The van der Waals surface area contributed by atoms with Crippen LogP contribution in [0.2, 0.25) is 0 Å². The highest BCUT2D eigenvalue weighted by molar-refractivity contribution is 5.46. The van der Waals surface area contributed by atoms with Crippen LogP contribution in [0.15, 0.2) is 18.6 Å². The molecule has 26 heavy (non-hydrogen) atoms. The molecule has 3 rings (SSSR count). The molecule has 8 heteroatoms. The zero-order valence-electron chi connectivity index (χ0n) is 15.9. The van der Waals surface area contributed by atoms with Gasteiger partial charge in [-0.1, -0.05) is 13.8 Å². The van der Waals surface area contributed by atoms with Gasteiger partial charge in [0.15, 0.2) is 0 Å². The van der Waals surface area contributed by atoms with Gasteiger partial charge < -0.3 is 14.9 Å². The van der Waals surface area contributed by atoms with Gasteiger partial charge in [-0.05, 0) is 19.9 Å². The van der Waals surface area contributed by atoms with Gasteiger partial charge in [0.2, 0.25) is 5.95 Å². The molecule has 140 valence electrons. The number of aromatic nitrogens is 5. The van der Waals surface area contributed by atoms with Crippen molar-refractivity contribution in [2.24, 2.45) is 0 Å². The van der Waals surface area contributed by atoms with Crippen molar-refractivity contribution in [1.29, 1.82) is 0 Å². The molecular weight excluding hydrogens is 330 g/mol. The molecule has 2 aromatic rings. The van der Waals surface area contributed by atoms with Gasteiger partial charge in [0, 0.05) is 38.2 Å². The zero-order valence-corrected chi connectivity index (χ0v) is 15.9. The number of hydrogen-bond donors (Lipinski definition) is 1. The van der Waals surface area contributed by atoms with Crippen LogP contribution in [0.3, 0.4) is 0 Å². The topological polar surface area (TPSA) is 91.2 Å². The maximum absolute atomic E-state index is 9.13. The highest BCUT2D eigenvalue weighted by atomic mass is 16.3. The summed E-state index contributed by atoms with van der Waals surface area (Å²) in [6.45, 7) is 11.0. The Morgan fingerprint density at radius 2 is 1.96 bits per heavy atom. The molecule has 0 spiro atoms. The molecule has 8 nitrogen and oxygen atoms in total. The average Bonchev–Trinajstić information content (AvgIpc) is 2.61.